The van der Waals surface area contributed by atoms with Gasteiger partial charge in [0.15, 0.2) is 0 Å². The lowest BCUT2D eigenvalue weighted by Crippen LogP contribution is -2.45. The fourth-order valence-corrected chi connectivity index (χ4v) is 4.46. The second kappa shape index (κ2) is 8.89. The third-order valence-corrected chi connectivity index (χ3v) is 6.13. The molecule has 1 N–H and O–H groups in total. The highest BCUT2D eigenvalue weighted by Crippen LogP contribution is 2.31. The highest BCUT2D eigenvalue weighted by molar-refractivity contribution is 5.86. The standard InChI is InChI=1S/C27H26N2O3/c1-31-27(30)26-15-23-22-9-5-6-10-24(22)28-25(23)17-29(26)16-19-11-13-21(14-12-19)32-18-20-7-3-2-4-8-20/h2-14,26,28H,15-18H2,1H3/t26-/m0/s1. The van der Waals surface area contributed by atoms with E-state index in [-0.39, 0.29) is 12.0 Å². The Morgan fingerprint density at radius 1 is 0.969 bits per heavy atom. The lowest BCUT2D eigenvalue weighted by Gasteiger charge is -2.34. The van der Waals surface area contributed by atoms with Gasteiger partial charge in [0.25, 0.3) is 0 Å². The van der Waals surface area contributed by atoms with Gasteiger partial charge in [-0.1, -0.05) is 60.7 Å². The lowest BCUT2D eigenvalue weighted by atomic mass is 9.96. The smallest absolute Gasteiger partial charge is 0.323 e. The van der Waals surface area contributed by atoms with E-state index in [9.17, 15) is 4.79 Å². The van der Waals surface area contributed by atoms with Crippen LogP contribution in [0.4, 0.5) is 0 Å². The van der Waals surface area contributed by atoms with Gasteiger partial charge in [0, 0.05) is 36.1 Å². The fourth-order valence-electron chi connectivity index (χ4n) is 4.46. The third-order valence-electron chi connectivity index (χ3n) is 6.13. The van der Waals surface area contributed by atoms with Crippen LogP contribution in [0.2, 0.25) is 0 Å². The maximum Gasteiger partial charge on any atom is 0.323 e. The van der Waals surface area contributed by atoms with Crippen LogP contribution in [0.5, 0.6) is 5.75 Å². The number of aromatic nitrogens is 1. The number of fused-ring (bicyclic) bond motifs is 3. The molecule has 1 aliphatic heterocycles. The minimum atomic E-state index is -0.305. The van der Waals surface area contributed by atoms with Crippen molar-refractivity contribution in [1.29, 1.82) is 0 Å². The monoisotopic (exact) mass is 426 g/mol. The second-order valence-corrected chi connectivity index (χ2v) is 8.19. The van der Waals surface area contributed by atoms with Gasteiger partial charge < -0.3 is 14.5 Å². The Hall–Kier alpha value is -3.57. The molecule has 0 aliphatic carbocycles. The van der Waals surface area contributed by atoms with Gasteiger partial charge in [0.1, 0.15) is 18.4 Å². The SMILES string of the molecule is COC(=O)[C@@H]1Cc2c([nH]c3ccccc23)CN1Cc1ccc(OCc2ccccc2)cc1. The maximum atomic E-state index is 12.6. The van der Waals surface area contributed by atoms with Gasteiger partial charge in [0.2, 0.25) is 0 Å². The van der Waals surface area contributed by atoms with Gasteiger partial charge in [-0.3, -0.25) is 9.69 Å². The molecule has 3 aromatic carbocycles. The Bertz CT molecular complexity index is 1210. The third kappa shape index (κ3) is 4.12. The van der Waals surface area contributed by atoms with E-state index in [1.807, 2.05) is 42.5 Å². The first-order chi connectivity index (χ1) is 15.7. The van der Waals surface area contributed by atoms with E-state index in [0.29, 0.717) is 26.1 Å². The number of H-pyrrole nitrogens is 1. The van der Waals surface area contributed by atoms with Crippen LogP contribution in [0.1, 0.15) is 22.4 Å². The van der Waals surface area contributed by atoms with E-state index >= 15 is 0 Å². The number of rotatable bonds is 6. The van der Waals surface area contributed by atoms with E-state index in [0.717, 1.165) is 22.4 Å². The van der Waals surface area contributed by atoms with Crippen molar-refractivity contribution in [2.75, 3.05) is 7.11 Å². The molecule has 0 fully saturated rings. The number of para-hydroxylation sites is 1. The number of ether oxygens (including phenoxy) is 2. The number of hydrogen-bond donors (Lipinski definition) is 1. The van der Waals surface area contributed by atoms with Crippen molar-refractivity contribution >= 4 is 16.9 Å². The summed E-state index contributed by atoms with van der Waals surface area (Å²) in [4.78, 5) is 18.3. The molecule has 0 saturated carbocycles. The lowest BCUT2D eigenvalue weighted by molar-refractivity contribution is -0.148. The number of carbonyl (C=O) groups excluding carboxylic acids is 1. The van der Waals surface area contributed by atoms with Crippen LogP contribution in [0.25, 0.3) is 10.9 Å². The molecule has 1 atom stereocenters. The van der Waals surface area contributed by atoms with Gasteiger partial charge >= 0.3 is 5.97 Å². The van der Waals surface area contributed by atoms with Crippen molar-refractivity contribution in [3.05, 3.63) is 101 Å². The molecule has 4 aromatic rings. The Morgan fingerprint density at radius 3 is 2.50 bits per heavy atom. The molecule has 0 amide bonds. The molecule has 0 radical (unpaired) electrons. The van der Waals surface area contributed by atoms with Crippen LogP contribution in [0.3, 0.4) is 0 Å². The molecule has 0 saturated heterocycles. The topological polar surface area (TPSA) is 54.6 Å². The van der Waals surface area contributed by atoms with Crippen LogP contribution in [0, 0.1) is 0 Å². The Balaban J connectivity index is 1.32. The molecule has 5 heteroatoms. The van der Waals surface area contributed by atoms with E-state index in [4.69, 9.17) is 9.47 Å². The molecule has 0 spiro atoms. The van der Waals surface area contributed by atoms with Gasteiger partial charge in [-0.2, -0.15) is 0 Å². The number of aromatic amines is 1. The zero-order valence-electron chi connectivity index (χ0n) is 18.1. The fraction of sp³-hybridized carbons (Fsp3) is 0.222. The summed E-state index contributed by atoms with van der Waals surface area (Å²) in [6.45, 7) is 1.88. The largest absolute Gasteiger partial charge is 0.489 e. The first-order valence-electron chi connectivity index (χ1n) is 10.9. The zero-order valence-corrected chi connectivity index (χ0v) is 18.1. The molecule has 2 heterocycles. The number of benzene rings is 3. The summed E-state index contributed by atoms with van der Waals surface area (Å²) in [6.07, 6.45) is 0.643. The first-order valence-corrected chi connectivity index (χ1v) is 10.9. The van der Waals surface area contributed by atoms with E-state index in [1.165, 1.54) is 23.8 Å². The summed E-state index contributed by atoms with van der Waals surface area (Å²) in [6, 6.07) is 26.2. The molecule has 32 heavy (non-hydrogen) atoms. The van der Waals surface area contributed by atoms with Gasteiger partial charge in [-0.15, -0.1) is 0 Å². The predicted molar refractivity (Wildman–Crippen MR) is 124 cm³/mol. The average Bonchev–Trinajstić information content (AvgIpc) is 3.20. The Labute approximate surface area is 187 Å². The van der Waals surface area contributed by atoms with Crippen LogP contribution in [-0.4, -0.2) is 29.0 Å². The number of carbonyl (C=O) groups is 1. The predicted octanol–water partition coefficient (Wildman–Crippen LogP) is 4.85. The Morgan fingerprint density at radius 2 is 1.72 bits per heavy atom. The van der Waals surface area contributed by atoms with E-state index in [1.54, 1.807) is 0 Å². The first kappa shape index (κ1) is 20.3. The molecular weight excluding hydrogens is 400 g/mol. The second-order valence-electron chi connectivity index (χ2n) is 8.19. The molecular formula is C27H26N2O3. The molecule has 1 aliphatic rings. The van der Waals surface area contributed by atoms with Crippen molar-refractivity contribution in [1.82, 2.24) is 9.88 Å². The van der Waals surface area contributed by atoms with Crippen LogP contribution in [-0.2, 0) is 35.6 Å². The normalized spacial score (nSPS) is 16.0. The highest BCUT2D eigenvalue weighted by atomic mass is 16.5. The molecule has 5 rings (SSSR count). The minimum absolute atomic E-state index is 0.191. The zero-order chi connectivity index (χ0) is 21.9. The molecule has 1 aromatic heterocycles. The molecule has 0 unspecified atom stereocenters. The summed E-state index contributed by atoms with van der Waals surface area (Å²) >= 11 is 0. The van der Waals surface area contributed by atoms with Crippen molar-refractivity contribution < 1.29 is 14.3 Å². The average molecular weight is 427 g/mol. The summed E-state index contributed by atoms with van der Waals surface area (Å²) in [5.74, 6) is 0.641. The molecule has 162 valence electrons. The van der Waals surface area contributed by atoms with Gasteiger partial charge in [0.05, 0.1) is 7.11 Å². The number of nitrogens with zero attached hydrogens (tertiary/aromatic N) is 1. The van der Waals surface area contributed by atoms with Crippen molar-refractivity contribution in [3.8, 4) is 5.75 Å². The van der Waals surface area contributed by atoms with Gasteiger partial charge in [-0.25, -0.2) is 0 Å². The van der Waals surface area contributed by atoms with Crippen LogP contribution < -0.4 is 4.74 Å². The summed E-state index contributed by atoms with van der Waals surface area (Å²) < 4.78 is 11.0. The number of esters is 1. The van der Waals surface area contributed by atoms with Crippen LogP contribution in [0.15, 0.2) is 78.9 Å². The van der Waals surface area contributed by atoms with E-state index in [2.05, 4.69) is 46.3 Å². The summed E-state index contributed by atoms with van der Waals surface area (Å²) in [7, 11) is 1.46. The summed E-state index contributed by atoms with van der Waals surface area (Å²) in [5, 5.41) is 1.19. The van der Waals surface area contributed by atoms with E-state index < -0.39 is 0 Å². The highest BCUT2D eigenvalue weighted by Gasteiger charge is 2.34. The number of hydrogen-bond acceptors (Lipinski definition) is 4. The minimum Gasteiger partial charge on any atom is -0.489 e. The van der Waals surface area contributed by atoms with Crippen molar-refractivity contribution in [2.24, 2.45) is 0 Å². The summed E-state index contributed by atoms with van der Waals surface area (Å²) in [5.41, 5.74) is 5.78. The molecule has 0 bridgehead atoms. The maximum absolute atomic E-state index is 12.6. The van der Waals surface area contributed by atoms with Crippen molar-refractivity contribution in [3.63, 3.8) is 0 Å². The molecule has 5 nitrogen and oxygen atoms in total. The van der Waals surface area contributed by atoms with Crippen LogP contribution >= 0.6 is 0 Å². The quantitative estimate of drug-likeness (QED) is 0.448. The van der Waals surface area contributed by atoms with Crippen molar-refractivity contribution in [2.45, 2.75) is 32.2 Å². The number of methoxy groups -OCH3 is 1. The Kier molecular flexibility index (Phi) is 5.65. The number of nitrogens with one attached hydrogen (secondary N) is 1. The van der Waals surface area contributed by atoms with Gasteiger partial charge in [-0.05, 0) is 34.9 Å².